The van der Waals surface area contributed by atoms with Crippen molar-refractivity contribution in [2.45, 2.75) is 75.7 Å². The van der Waals surface area contributed by atoms with E-state index in [9.17, 15) is 19.2 Å². The van der Waals surface area contributed by atoms with Crippen LogP contribution in [0.5, 0.6) is 0 Å². The van der Waals surface area contributed by atoms with E-state index in [1.165, 1.54) is 20.3 Å². The average molecular weight is 895 g/mol. The van der Waals surface area contributed by atoms with Gasteiger partial charge < -0.3 is 39.9 Å². The van der Waals surface area contributed by atoms with Crippen molar-refractivity contribution in [3.05, 3.63) is 131 Å². The molecule has 4 N–H and O–H groups in total. The van der Waals surface area contributed by atoms with Crippen LogP contribution in [-0.2, 0) is 25.0 Å². The third-order valence-corrected chi connectivity index (χ3v) is 13.5. The predicted octanol–water partition coefficient (Wildman–Crippen LogP) is 8.85. The summed E-state index contributed by atoms with van der Waals surface area (Å²) in [7, 11) is 2.51. The van der Waals surface area contributed by atoms with Crippen molar-refractivity contribution >= 4 is 35.0 Å². The van der Waals surface area contributed by atoms with Gasteiger partial charge in [0.1, 0.15) is 29.8 Å². The number of benzene rings is 4. The third kappa shape index (κ3) is 7.24. The number of ether oxygens (including phenoxy) is 2. The number of aromatic nitrogens is 4. The molecule has 4 heterocycles. The van der Waals surface area contributed by atoms with Gasteiger partial charge in [-0.25, -0.2) is 19.6 Å². The summed E-state index contributed by atoms with van der Waals surface area (Å²) >= 11 is 0. The molecule has 2 fully saturated rings. The van der Waals surface area contributed by atoms with Crippen LogP contribution >= 0.6 is 0 Å². The summed E-state index contributed by atoms with van der Waals surface area (Å²) in [6.07, 6.45) is 5.13. The number of halogens is 2. The highest BCUT2D eigenvalue weighted by molar-refractivity contribution is 5.90. The van der Waals surface area contributed by atoms with Gasteiger partial charge in [0, 0.05) is 29.3 Å². The summed E-state index contributed by atoms with van der Waals surface area (Å²) in [5.41, 5.74) is 6.13. The lowest BCUT2D eigenvalue weighted by atomic mass is 9.98. The molecule has 338 valence electrons. The van der Waals surface area contributed by atoms with Gasteiger partial charge in [-0.05, 0) is 89.3 Å². The van der Waals surface area contributed by atoms with Crippen LogP contribution in [0.1, 0.15) is 86.0 Å². The second-order valence-corrected chi connectivity index (χ2v) is 17.7. The largest absolute Gasteiger partial charge is 0.453 e. The maximum atomic E-state index is 16.7. The van der Waals surface area contributed by atoms with Crippen LogP contribution in [0.4, 0.5) is 18.4 Å². The molecule has 2 bridgehead atoms. The lowest BCUT2D eigenvalue weighted by Gasteiger charge is -2.35. The molecule has 0 saturated carbocycles. The van der Waals surface area contributed by atoms with Crippen LogP contribution in [0.3, 0.4) is 0 Å². The Balaban J connectivity index is 0.889. The first kappa shape index (κ1) is 42.6. The normalized spacial score (nSPS) is 19.9. The smallest absolute Gasteiger partial charge is 0.407 e. The Morgan fingerprint density at radius 3 is 2.23 bits per heavy atom. The number of nitrogens with one attached hydrogen (secondary N) is 4. The number of rotatable bonds is 10. The molecule has 2 aliphatic heterocycles. The predicted molar refractivity (Wildman–Crippen MR) is 241 cm³/mol. The van der Waals surface area contributed by atoms with E-state index in [0.717, 1.165) is 17.6 Å². The van der Waals surface area contributed by atoms with Gasteiger partial charge in [0.25, 0.3) is 11.8 Å². The van der Waals surface area contributed by atoms with Crippen molar-refractivity contribution < 1.29 is 37.4 Å². The molecule has 0 unspecified atom stereocenters. The number of aromatic amines is 2. The first-order valence-electron chi connectivity index (χ1n) is 22.1. The molecule has 4 aromatic carbocycles. The number of likely N-dealkylation sites (tertiary alicyclic amines) is 2. The molecule has 16 heteroatoms. The number of amides is 4. The molecule has 5 atom stereocenters. The highest BCUT2D eigenvalue weighted by atomic mass is 19.3. The van der Waals surface area contributed by atoms with Gasteiger partial charge in [-0.2, -0.15) is 8.78 Å². The molecular formula is C50H48F2N8O6. The van der Waals surface area contributed by atoms with Crippen LogP contribution in [0.15, 0.2) is 103 Å². The summed E-state index contributed by atoms with van der Waals surface area (Å²) in [4.78, 5) is 72.3. The fourth-order valence-electron chi connectivity index (χ4n) is 10.2. The SMILES string of the molecule is COC(=O)N[C@H](C(=O)N1[C@@H]2CC=C(C2)[C@H]1c1nc2ccc(-c3ccc4c(c3)C(F)(F)c3cc(-c5cnc([C@@H]6CCCN6C(=O)[C@H](NC(=O)OC)c6ccccc6)[nH]5)ccc3-4)cc2[nH]1)C(C)C. The fraction of sp³-hybridized carbons (Fsp3) is 0.320. The van der Waals surface area contributed by atoms with Gasteiger partial charge in [0.15, 0.2) is 0 Å². The highest BCUT2D eigenvalue weighted by Gasteiger charge is 2.48. The number of nitrogens with zero attached hydrogens (tertiary/aromatic N) is 4. The van der Waals surface area contributed by atoms with Gasteiger partial charge >= 0.3 is 12.2 Å². The third-order valence-electron chi connectivity index (χ3n) is 13.5. The zero-order chi connectivity index (χ0) is 46.0. The molecule has 0 spiro atoms. The number of fused-ring (bicyclic) bond motifs is 6. The monoisotopic (exact) mass is 894 g/mol. The Hall–Kier alpha value is -7.36. The minimum Gasteiger partial charge on any atom is -0.453 e. The van der Waals surface area contributed by atoms with Crippen molar-refractivity contribution in [3.63, 3.8) is 0 Å². The number of alkyl halides is 2. The number of H-pyrrole nitrogens is 2. The van der Waals surface area contributed by atoms with Gasteiger partial charge in [-0.15, -0.1) is 0 Å². The number of carbonyl (C=O) groups is 4. The minimum atomic E-state index is -3.30. The highest BCUT2D eigenvalue weighted by Crippen LogP contribution is 2.53. The zero-order valence-electron chi connectivity index (χ0n) is 36.7. The molecule has 4 amide bonds. The molecule has 2 saturated heterocycles. The molecule has 66 heavy (non-hydrogen) atoms. The van der Waals surface area contributed by atoms with Gasteiger partial charge in [-0.1, -0.05) is 80.6 Å². The first-order chi connectivity index (χ1) is 31.8. The Morgan fingerprint density at radius 2 is 1.50 bits per heavy atom. The zero-order valence-corrected chi connectivity index (χ0v) is 36.7. The molecule has 4 aliphatic rings. The van der Waals surface area contributed by atoms with Crippen molar-refractivity contribution in [2.75, 3.05) is 20.8 Å². The second-order valence-electron chi connectivity index (χ2n) is 17.7. The number of imidazole rings is 2. The van der Waals surface area contributed by atoms with Crippen LogP contribution in [0, 0.1) is 5.92 Å². The maximum Gasteiger partial charge on any atom is 0.407 e. The van der Waals surface area contributed by atoms with E-state index in [1.54, 1.807) is 59.6 Å². The summed E-state index contributed by atoms with van der Waals surface area (Å²) < 4.78 is 42.9. The van der Waals surface area contributed by atoms with E-state index >= 15 is 8.78 Å². The van der Waals surface area contributed by atoms with E-state index in [2.05, 4.69) is 31.7 Å². The lowest BCUT2D eigenvalue weighted by Crippen LogP contribution is -2.53. The Bertz CT molecular complexity index is 2950. The summed E-state index contributed by atoms with van der Waals surface area (Å²) in [5.74, 6) is -2.88. The topological polar surface area (TPSA) is 175 Å². The number of methoxy groups -OCH3 is 2. The van der Waals surface area contributed by atoms with Gasteiger partial charge in [0.2, 0.25) is 5.91 Å². The number of carbonyl (C=O) groups excluding carboxylic acids is 4. The van der Waals surface area contributed by atoms with E-state index < -0.39 is 42.3 Å². The summed E-state index contributed by atoms with van der Waals surface area (Å²) in [6, 6.07) is 22.0. The van der Waals surface area contributed by atoms with Crippen molar-refractivity contribution in [2.24, 2.45) is 5.92 Å². The second kappa shape index (κ2) is 16.6. The molecule has 10 rings (SSSR count). The Morgan fingerprint density at radius 1 is 0.818 bits per heavy atom. The van der Waals surface area contributed by atoms with Crippen molar-refractivity contribution in [3.8, 4) is 33.5 Å². The minimum absolute atomic E-state index is 0.0508. The summed E-state index contributed by atoms with van der Waals surface area (Å²) in [5, 5.41) is 5.38. The number of alkyl carbamates (subject to hydrolysis) is 2. The van der Waals surface area contributed by atoms with E-state index in [-0.39, 0.29) is 34.9 Å². The van der Waals surface area contributed by atoms with Crippen molar-refractivity contribution in [1.82, 2.24) is 40.4 Å². The Labute approximate surface area is 378 Å². The number of hydrogen-bond acceptors (Lipinski definition) is 8. The van der Waals surface area contributed by atoms with E-state index in [0.29, 0.717) is 82.0 Å². The van der Waals surface area contributed by atoms with Crippen LogP contribution in [0.25, 0.3) is 44.5 Å². The van der Waals surface area contributed by atoms with Crippen LogP contribution in [-0.4, -0.2) is 86.6 Å². The molecule has 2 aromatic heterocycles. The molecule has 14 nitrogen and oxygen atoms in total. The molecule has 0 radical (unpaired) electrons. The van der Waals surface area contributed by atoms with Gasteiger partial charge in [-0.3, -0.25) is 9.59 Å². The molecule has 2 aliphatic carbocycles. The van der Waals surface area contributed by atoms with Crippen LogP contribution < -0.4 is 10.6 Å². The number of hydrogen-bond donors (Lipinski definition) is 4. The lowest BCUT2D eigenvalue weighted by molar-refractivity contribution is -0.137. The Kier molecular flexibility index (Phi) is 10.7. The van der Waals surface area contributed by atoms with E-state index in [1.807, 2.05) is 49.1 Å². The van der Waals surface area contributed by atoms with E-state index in [4.69, 9.17) is 14.5 Å². The quantitative estimate of drug-likeness (QED) is 0.0987. The first-order valence-corrected chi connectivity index (χ1v) is 22.1. The maximum absolute atomic E-state index is 16.7. The molecular weight excluding hydrogens is 847 g/mol. The van der Waals surface area contributed by atoms with Gasteiger partial charge in [0.05, 0.1) is 43.2 Å². The summed E-state index contributed by atoms with van der Waals surface area (Å²) in [6.45, 7) is 4.20. The van der Waals surface area contributed by atoms with Crippen LogP contribution in [0.2, 0.25) is 0 Å². The fourth-order valence-corrected chi connectivity index (χ4v) is 10.2. The average Bonchev–Trinajstić information content (AvgIpc) is 4.21. The van der Waals surface area contributed by atoms with Crippen molar-refractivity contribution in [1.29, 1.82) is 0 Å². The molecule has 6 aromatic rings. The standard InChI is InChI=1S/C50H48F2N8O6/c1-26(2)41(57-48(63)65-3)47(62)60-32-16-12-31(21-32)43(60)45-54-37-19-15-29(24-38(37)55-45)28-13-17-33-34-18-14-30(23-36(34)50(51,52)35(33)22-28)39-25-53-44(56-39)40-11-8-20-59(40)46(61)42(58-49(64)66-4)27-9-6-5-7-10-27/h5-7,9-10,12-15,17-19,22-26,32,40-43H,8,11,16,20-21H2,1-4H3,(H,53,56)(H,54,55)(H,57,63)(H,58,64)/t32-,40+,41+,42-,43+/m1/s1.